The Morgan fingerprint density at radius 1 is 1.40 bits per heavy atom. The molecule has 25 heavy (non-hydrogen) atoms. The van der Waals surface area contributed by atoms with Crippen molar-refractivity contribution in [3.8, 4) is 0 Å². The lowest BCUT2D eigenvalue weighted by Gasteiger charge is -2.26. The van der Waals surface area contributed by atoms with Gasteiger partial charge in [-0.1, -0.05) is 29.8 Å². The van der Waals surface area contributed by atoms with Crippen molar-refractivity contribution in [3.05, 3.63) is 53.3 Å². The molecule has 1 aromatic carbocycles. The van der Waals surface area contributed by atoms with Gasteiger partial charge in [-0.2, -0.15) is 5.10 Å². The second-order valence-electron chi connectivity index (χ2n) is 6.86. The van der Waals surface area contributed by atoms with Crippen LogP contribution in [0.5, 0.6) is 0 Å². The van der Waals surface area contributed by atoms with Crippen LogP contribution in [-0.2, 0) is 22.5 Å². The first kappa shape index (κ1) is 17.7. The predicted molar refractivity (Wildman–Crippen MR) is 97.1 cm³/mol. The lowest BCUT2D eigenvalue weighted by molar-refractivity contribution is -0.133. The van der Waals surface area contributed by atoms with Gasteiger partial charge in [-0.05, 0) is 43.7 Å². The van der Waals surface area contributed by atoms with Crippen LogP contribution in [0.3, 0.4) is 0 Å². The number of aromatic amines is 1. The number of rotatable bonds is 8. The number of nitrogens with one attached hydrogen (secondary N) is 1. The summed E-state index contributed by atoms with van der Waals surface area (Å²) in [5.41, 5.74) is 3.56. The Morgan fingerprint density at radius 2 is 2.32 bits per heavy atom. The van der Waals surface area contributed by atoms with E-state index in [1.807, 2.05) is 17.3 Å². The monoisotopic (exact) mass is 341 g/mol. The third-order valence-corrected chi connectivity index (χ3v) is 4.67. The van der Waals surface area contributed by atoms with E-state index in [4.69, 9.17) is 4.74 Å². The van der Waals surface area contributed by atoms with Crippen molar-refractivity contribution in [2.24, 2.45) is 0 Å². The van der Waals surface area contributed by atoms with Crippen LogP contribution in [0.4, 0.5) is 0 Å². The number of hydrogen-bond donors (Lipinski definition) is 1. The number of H-pyrrole nitrogens is 1. The average molecular weight is 341 g/mol. The fourth-order valence-electron chi connectivity index (χ4n) is 3.34. The first-order valence-corrected chi connectivity index (χ1v) is 9.13. The summed E-state index contributed by atoms with van der Waals surface area (Å²) in [6, 6.07) is 8.38. The maximum atomic E-state index is 12.8. The number of aryl methyl sites for hydroxylation is 2. The molecule has 0 spiro atoms. The SMILES string of the molecule is Cc1cccc(CN(CC2CCCO2)C(=O)CCCc2cn[nH]c2)c1. The predicted octanol–water partition coefficient (Wildman–Crippen LogP) is 3.25. The molecule has 1 amide bonds. The van der Waals surface area contributed by atoms with Gasteiger partial charge in [0.05, 0.1) is 12.3 Å². The molecule has 2 aromatic rings. The maximum absolute atomic E-state index is 12.8. The van der Waals surface area contributed by atoms with E-state index in [1.54, 1.807) is 0 Å². The number of hydrogen-bond acceptors (Lipinski definition) is 3. The summed E-state index contributed by atoms with van der Waals surface area (Å²) in [6.07, 6.45) is 8.31. The molecule has 5 nitrogen and oxygen atoms in total. The quantitative estimate of drug-likeness (QED) is 0.802. The Balaban J connectivity index is 1.58. The molecule has 0 radical (unpaired) electrons. The molecule has 1 fully saturated rings. The van der Waals surface area contributed by atoms with Gasteiger partial charge < -0.3 is 9.64 Å². The average Bonchev–Trinajstić information content (AvgIpc) is 3.28. The summed E-state index contributed by atoms with van der Waals surface area (Å²) in [7, 11) is 0. The van der Waals surface area contributed by atoms with Crippen LogP contribution >= 0.6 is 0 Å². The van der Waals surface area contributed by atoms with Crippen molar-refractivity contribution in [2.75, 3.05) is 13.2 Å². The Morgan fingerprint density at radius 3 is 3.04 bits per heavy atom. The highest BCUT2D eigenvalue weighted by Gasteiger charge is 2.22. The van der Waals surface area contributed by atoms with Crippen LogP contribution in [0, 0.1) is 6.92 Å². The van der Waals surface area contributed by atoms with Gasteiger partial charge >= 0.3 is 0 Å². The van der Waals surface area contributed by atoms with Gasteiger partial charge in [-0.15, -0.1) is 0 Å². The van der Waals surface area contributed by atoms with Crippen LogP contribution in [-0.4, -0.2) is 40.3 Å². The van der Waals surface area contributed by atoms with E-state index >= 15 is 0 Å². The molecule has 5 heteroatoms. The molecule has 1 aromatic heterocycles. The molecule has 1 aliphatic rings. The second kappa shape index (κ2) is 8.81. The van der Waals surface area contributed by atoms with Crippen molar-refractivity contribution in [2.45, 2.75) is 51.7 Å². The Kier molecular flexibility index (Phi) is 6.23. The molecule has 1 atom stereocenters. The number of aromatic nitrogens is 2. The van der Waals surface area contributed by atoms with Crippen LogP contribution in [0.1, 0.15) is 42.4 Å². The van der Waals surface area contributed by atoms with Crippen LogP contribution in [0.15, 0.2) is 36.7 Å². The molecule has 0 aliphatic carbocycles. The highest BCUT2D eigenvalue weighted by molar-refractivity contribution is 5.76. The zero-order valence-corrected chi connectivity index (χ0v) is 14.9. The number of nitrogens with zero attached hydrogens (tertiary/aromatic N) is 2. The van der Waals surface area contributed by atoms with Crippen molar-refractivity contribution in [1.82, 2.24) is 15.1 Å². The summed E-state index contributed by atoms with van der Waals surface area (Å²) in [4.78, 5) is 14.8. The van der Waals surface area contributed by atoms with E-state index in [1.165, 1.54) is 11.1 Å². The van der Waals surface area contributed by atoms with E-state index in [0.717, 1.165) is 37.9 Å². The lowest BCUT2D eigenvalue weighted by atomic mass is 10.1. The molecule has 134 valence electrons. The fourth-order valence-corrected chi connectivity index (χ4v) is 3.34. The van der Waals surface area contributed by atoms with E-state index in [-0.39, 0.29) is 12.0 Å². The van der Waals surface area contributed by atoms with Gasteiger partial charge in [0, 0.05) is 32.3 Å². The first-order chi connectivity index (χ1) is 12.2. The second-order valence-corrected chi connectivity index (χ2v) is 6.86. The zero-order valence-electron chi connectivity index (χ0n) is 14.9. The normalized spacial score (nSPS) is 16.9. The summed E-state index contributed by atoms with van der Waals surface area (Å²) in [5.74, 6) is 0.209. The molecule has 0 saturated carbocycles. The smallest absolute Gasteiger partial charge is 0.222 e. The van der Waals surface area contributed by atoms with Crippen molar-refractivity contribution in [3.63, 3.8) is 0 Å². The van der Waals surface area contributed by atoms with Crippen molar-refractivity contribution in [1.29, 1.82) is 0 Å². The molecule has 3 rings (SSSR count). The molecular weight excluding hydrogens is 314 g/mol. The number of benzene rings is 1. The van der Waals surface area contributed by atoms with Crippen LogP contribution < -0.4 is 0 Å². The topological polar surface area (TPSA) is 58.2 Å². The van der Waals surface area contributed by atoms with Gasteiger partial charge in [0.15, 0.2) is 0 Å². The van der Waals surface area contributed by atoms with Gasteiger partial charge in [0.1, 0.15) is 0 Å². The minimum absolute atomic E-state index is 0.183. The van der Waals surface area contributed by atoms with Gasteiger partial charge in [0.2, 0.25) is 5.91 Å². The molecule has 0 bridgehead atoms. The lowest BCUT2D eigenvalue weighted by Crippen LogP contribution is -2.36. The molecule has 1 aliphatic heterocycles. The summed E-state index contributed by atoms with van der Waals surface area (Å²) in [6.45, 7) is 4.25. The molecular formula is C20H27N3O2. The van der Waals surface area contributed by atoms with Crippen LogP contribution in [0.2, 0.25) is 0 Å². The summed E-state index contributed by atoms with van der Waals surface area (Å²) in [5, 5.41) is 6.77. The first-order valence-electron chi connectivity index (χ1n) is 9.13. The van der Waals surface area contributed by atoms with E-state index in [2.05, 4.69) is 41.4 Å². The minimum atomic E-state index is 0.183. The molecule has 1 unspecified atom stereocenters. The van der Waals surface area contributed by atoms with Crippen LogP contribution in [0.25, 0.3) is 0 Å². The zero-order chi connectivity index (χ0) is 17.5. The summed E-state index contributed by atoms with van der Waals surface area (Å²) < 4.78 is 5.75. The number of carbonyl (C=O) groups is 1. The Labute approximate surface area is 149 Å². The Hall–Kier alpha value is -2.14. The minimum Gasteiger partial charge on any atom is -0.376 e. The van der Waals surface area contributed by atoms with E-state index < -0.39 is 0 Å². The standard InChI is InChI=1S/C20H27N3O2/c1-16-5-2-6-17(11-16)14-23(15-19-8-4-10-25-19)20(24)9-3-7-18-12-21-22-13-18/h2,5-6,11-13,19H,3-4,7-10,14-15H2,1H3,(H,21,22). The fraction of sp³-hybridized carbons (Fsp3) is 0.500. The third kappa shape index (κ3) is 5.43. The summed E-state index contributed by atoms with van der Waals surface area (Å²) >= 11 is 0. The van der Waals surface area contributed by atoms with Gasteiger partial charge in [-0.3, -0.25) is 9.89 Å². The molecule has 1 saturated heterocycles. The maximum Gasteiger partial charge on any atom is 0.222 e. The van der Waals surface area contributed by atoms with E-state index in [9.17, 15) is 4.79 Å². The number of carbonyl (C=O) groups excluding carboxylic acids is 1. The molecule has 1 N–H and O–H groups in total. The number of ether oxygens (including phenoxy) is 1. The largest absolute Gasteiger partial charge is 0.376 e. The van der Waals surface area contributed by atoms with Gasteiger partial charge in [0.25, 0.3) is 0 Å². The highest BCUT2D eigenvalue weighted by atomic mass is 16.5. The molecule has 2 heterocycles. The number of amides is 1. The van der Waals surface area contributed by atoms with E-state index in [0.29, 0.717) is 19.5 Å². The van der Waals surface area contributed by atoms with Crippen molar-refractivity contribution < 1.29 is 9.53 Å². The highest BCUT2D eigenvalue weighted by Crippen LogP contribution is 2.17. The van der Waals surface area contributed by atoms with Gasteiger partial charge in [-0.25, -0.2) is 0 Å². The third-order valence-electron chi connectivity index (χ3n) is 4.67. The Bertz CT molecular complexity index is 663. The van der Waals surface area contributed by atoms with Crippen molar-refractivity contribution >= 4 is 5.91 Å².